The molecule has 0 radical (unpaired) electrons. The summed E-state index contributed by atoms with van der Waals surface area (Å²) in [5.41, 5.74) is 0.511. The lowest BCUT2D eigenvalue weighted by molar-refractivity contribution is 0.0968. The molecule has 0 aliphatic rings. The van der Waals surface area contributed by atoms with Crippen LogP contribution in [-0.2, 0) is 0 Å². The standard InChI is InChI=1S/C10H15FN2O/c1-3-4-10(14)9-5-6-12-13(9)8(2)7-11/h5-6,8H,3-4,7H2,1-2H3. The molecule has 1 heterocycles. The number of hydrogen-bond acceptors (Lipinski definition) is 2. The zero-order valence-electron chi connectivity index (χ0n) is 8.53. The second-order valence-electron chi connectivity index (χ2n) is 3.34. The summed E-state index contributed by atoms with van der Waals surface area (Å²) in [4.78, 5) is 11.6. The van der Waals surface area contributed by atoms with Crippen LogP contribution < -0.4 is 0 Å². The van der Waals surface area contributed by atoms with E-state index in [2.05, 4.69) is 5.10 Å². The molecule has 0 aliphatic heterocycles. The molecule has 3 nitrogen and oxygen atoms in total. The van der Waals surface area contributed by atoms with Gasteiger partial charge in [-0.05, 0) is 19.4 Å². The minimum Gasteiger partial charge on any atom is -0.292 e. The number of aromatic nitrogens is 2. The van der Waals surface area contributed by atoms with Gasteiger partial charge in [0.05, 0.1) is 6.04 Å². The molecule has 0 aliphatic carbocycles. The number of halogens is 1. The van der Waals surface area contributed by atoms with E-state index in [0.717, 1.165) is 6.42 Å². The largest absolute Gasteiger partial charge is 0.292 e. The minimum absolute atomic E-state index is 0.0327. The molecule has 0 fully saturated rings. The molecular formula is C10H15FN2O. The van der Waals surface area contributed by atoms with Crippen LogP contribution in [0.5, 0.6) is 0 Å². The van der Waals surface area contributed by atoms with Gasteiger partial charge in [0.25, 0.3) is 0 Å². The van der Waals surface area contributed by atoms with E-state index in [1.54, 1.807) is 13.0 Å². The minimum atomic E-state index is -0.506. The Balaban J connectivity index is 2.86. The highest BCUT2D eigenvalue weighted by molar-refractivity contribution is 5.94. The highest BCUT2D eigenvalue weighted by Gasteiger charge is 2.14. The molecule has 0 N–H and O–H groups in total. The summed E-state index contributed by atoms with van der Waals surface area (Å²) in [6.07, 6.45) is 2.83. The van der Waals surface area contributed by atoms with Gasteiger partial charge in [-0.3, -0.25) is 9.48 Å². The Morgan fingerprint density at radius 1 is 1.71 bits per heavy atom. The molecule has 1 aromatic heterocycles. The Kier molecular flexibility index (Phi) is 3.80. The van der Waals surface area contributed by atoms with Crippen LogP contribution in [0.3, 0.4) is 0 Å². The Morgan fingerprint density at radius 2 is 2.43 bits per heavy atom. The summed E-state index contributed by atoms with van der Waals surface area (Å²) in [6.45, 7) is 3.14. The van der Waals surface area contributed by atoms with Crippen molar-refractivity contribution in [3.8, 4) is 0 Å². The summed E-state index contributed by atoms with van der Waals surface area (Å²) >= 11 is 0. The van der Waals surface area contributed by atoms with E-state index >= 15 is 0 Å². The quantitative estimate of drug-likeness (QED) is 0.681. The van der Waals surface area contributed by atoms with Gasteiger partial charge in [-0.2, -0.15) is 5.10 Å². The Bertz CT molecular complexity index is 309. The first kappa shape index (κ1) is 10.9. The van der Waals surface area contributed by atoms with Crippen molar-refractivity contribution in [2.75, 3.05) is 6.67 Å². The van der Waals surface area contributed by atoms with Gasteiger partial charge in [-0.15, -0.1) is 0 Å². The van der Waals surface area contributed by atoms with Crippen molar-refractivity contribution in [1.29, 1.82) is 0 Å². The zero-order chi connectivity index (χ0) is 10.6. The first-order valence-electron chi connectivity index (χ1n) is 4.83. The monoisotopic (exact) mass is 198 g/mol. The fourth-order valence-corrected chi connectivity index (χ4v) is 1.31. The number of nitrogens with zero attached hydrogens (tertiary/aromatic N) is 2. The number of carbonyl (C=O) groups is 1. The number of Topliss-reactive ketones (excluding diaryl/α,β-unsaturated/α-hetero) is 1. The first-order chi connectivity index (χ1) is 6.70. The van der Waals surface area contributed by atoms with Crippen LogP contribution >= 0.6 is 0 Å². The van der Waals surface area contributed by atoms with Crippen molar-refractivity contribution in [3.63, 3.8) is 0 Å². The van der Waals surface area contributed by atoms with Crippen molar-refractivity contribution in [2.45, 2.75) is 32.7 Å². The predicted octanol–water partition coefficient (Wildman–Crippen LogP) is 2.40. The molecule has 0 amide bonds. The average Bonchev–Trinajstić information content (AvgIpc) is 2.65. The number of rotatable bonds is 5. The maximum atomic E-state index is 12.4. The summed E-state index contributed by atoms with van der Waals surface area (Å²) < 4.78 is 13.9. The average molecular weight is 198 g/mol. The summed E-state index contributed by atoms with van der Waals surface area (Å²) in [5.74, 6) is 0.0327. The molecule has 1 unspecified atom stereocenters. The summed E-state index contributed by atoms with van der Waals surface area (Å²) in [6, 6.07) is 1.28. The molecule has 4 heteroatoms. The van der Waals surface area contributed by atoms with Gasteiger partial charge < -0.3 is 0 Å². The van der Waals surface area contributed by atoms with Crippen LogP contribution in [-0.4, -0.2) is 22.2 Å². The van der Waals surface area contributed by atoms with Gasteiger partial charge in [0.15, 0.2) is 5.78 Å². The molecule has 14 heavy (non-hydrogen) atoms. The van der Waals surface area contributed by atoms with Crippen molar-refractivity contribution in [2.24, 2.45) is 0 Å². The maximum Gasteiger partial charge on any atom is 0.180 e. The third-order valence-corrected chi connectivity index (χ3v) is 2.07. The number of hydrogen-bond donors (Lipinski definition) is 0. The van der Waals surface area contributed by atoms with E-state index in [9.17, 15) is 9.18 Å². The second kappa shape index (κ2) is 4.88. The number of carbonyl (C=O) groups excluding carboxylic acids is 1. The normalized spacial score (nSPS) is 12.8. The van der Waals surface area contributed by atoms with Gasteiger partial charge in [0.2, 0.25) is 0 Å². The predicted molar refractivity (Wildman–Crippen MR) is 52.2 cm³/mol. The van der Waals surface area contributed by atoms with Gasteiger partial charge in [-0.1, -0.05) is 6.92 Å². The smallest absolute Gasteiger partial charge is 0.180 e. The molecule has 1 aromatic rings. The second-order valence-corrected chi connectivity index (χ2v) is 3.34. The van der Waals surface area contributed by atoms with Crippen LogP contribution in [0.15, 0.2) is 12.3 Å². The van der Waals surface area contributed by atoms with Crippen LogP contribution in [0.2, 0.25) is 0 Å². The topological polar surface area (TPSA) is 34.9 Å². The molecule has 0 bridgehead atoms. The van der Waals surface area contributed by atoms with E-state index in [0.29, 0.717) is 12.1 Å². The third kappa shape index (κ3) is 2.19. The highest BCUT2D eigenvalue weighted by atomic mass is 19.1. The van der Waals surface area contributed by atoms with Gasteiger partial charge >= 0.3 is 0 Å². The van der Waals surface area contributed by atoms with Gasteiger partial charge in [0, 0.05) is 12.6 Å². The highest BCUT2D eigenvalue weighted by Crippen LogP contribution is 2.12. The van der Waals surface area contributed by atoms with Crippen LogP contribution in [0.1, 0.15) is 43.2 Å². The Morgan fingerprint density at radius 3 is 3.00 bits per heavy atom. The molecule has 1 rings (SSSR count). The van der Waals surface area contributed by atoms with Crippen molar-refractivity contribution in [1.82, 2.24) is 9.78 Å². The van der Waals surface area contributed by atoms with Crippen molar-refractivity contribution < 1.29 is 9.18 Å². The fourth-order valence-electron chi connectivity index (χ4n) is 1.31. The van der Waals surface area contributed by atoms with E-state index < -0.39 is 6.67 Å². The molecule has 0 spiro atoms. The lowest BCUT2D eigenvalue weighted by Crippen LogP contribution is -2.15. The summed E-state index contributed by atoms with van der Waals surface area (Å²) in [7, 11) is 0. The van der Waals surface area contributed by atoms with Crippen molar-refractivity contribution in [3.05, 3.63) is 18.0 Å². The van der Waals surface area contributed by atoms with Crippen LogP contribution in [0.25, 0.3) is 0 Å². The first-order valence-corrected chi connectivity index (χ1v) is 4.83. The lowest BCUT2D eigenvalue weighted by Gasteiger charge is -2.10. The van der Waals surface area contributed by atoms with E-state index in [1.165, 1.54) is 10.9 Å². The molecule has 0 saturated carbocycles. The van der Waals surface area contributed by atoms with Crippen molar-refractivity contribution >= 4 is 5.78 Å². The lowest BCUT2D eigenvalue weighted by atomic mass is 10.2. The number of alkyl halides is 1. The van der Waals surface area contributed by atoms with Gasteiger partial charge in [0.1, 0.15) is 12.4 Å². The SMILES string of the molecule is CCCC(=O)c1ccnn1C(C)CF. The van der Waals surface area contributed by atoms with E-state index in [1.807, 2.05) is 6.92 Å². The van der Waals surface area contributed by atoms with E-state index in [-0.39, 0.29) is 11.8 Å². The maximum absolute atomic E-state index is 12.4. The third-order valence-electron chi connectivity index (χ3n) is 2.07. The van der Waals surface area contributed by atoms with Gasteiger partial charge in [-0.25, -0.2) is 4.39 Å². The van der Waals surface area contributed by atoms with Crippen LogP contribution in [0.4, 0.5) is 4.39 Å². The number of ketones is 1. The Labute approximate surface area is 82.9 Å². The zero-order valence-corrected chi connectivity index (χ0v) is 8.53. The molecular weight excluding hydrogens is 183 g/mol. The molecule has 78 valence electrons. The van der Waals surface area contributed by atoms with E-state index in [4.69, 9.17) is 0 Å². The molecule has 0 saturated heterocycles. The molecule has 0 aromatic carbocycles. The summed E-state index contributed by atoms with van der Waals surface area (Å²) in [5, 5.41) is 3.95. The Hall–Kier alpha value is -1.19. The van der Waals surface area contributed by atoms with Crippen LogP contribution in [0, 0.1) is 0 Å². The molecule has 1 atom stereocenters. The fraction of sp³-hybridized carbons (Fsp3) is 0.600.